The molecular formula is C26H22FN3O5. The monoisotopic (exact) mass is 475 g/mol. The molecule has 0 aliphatic rings. The summed E-state index contributed by atoms with van der Waals surface area (Å²) in [4.78, 5) is 31.7. The fraction of sp³-hybridized carbons (Fsp3) is 0.154. The number of pyridine rings is 2. The number of nitrogens with zero attached hydrogens (tertiary/aromatic N) is 2. The van der Waals surface area contributed by atoms with Gasteiger partial charge in [-0.3, -0.25) is 14.6 Å². The minimum Gasteiger partial charge on any atom is -0.505 e. The predicted molar refractivity (Wildman–Crippen MR) is 127 cm³/mol. The molecule has 35 heavy (non-hydrogen) atoms. The normalized spacial score (nSPS) is 10.8. The number of nitrogens with one attached hydrogen (secondary N) is 1. The number of carboxylic acid groups (broad SMARTS) is 1. The first-order chi connectivity index (χ1) is 16.9. The summed E-state index contributed by atoms with van der Waals surface area (Å²) in [6.07, 6.45) is 3.32. The van der Waals surface area contributed by atoms with Gasteiger partial charge in [-0.05, 0) is 49.2 Å². The molecule has 0 aliphatic carbocycles. The van der Waals surface area contributed by atoms with Crippen LogP contribution in [-0.2, 0) is 4.79 Å². The van der Waals surface area contributed by atoms with Crippen LogP contribution in [0.2, 0.25) is 0 Å². The maximum absolute atomic E-state index is 14.0. The number of para-hydroxylation sites is 1. The fourth-order valence-corrected chi connectivity index (χ4v) is 3.57. The quantitative estimate of drug-likeness (QED) is 0.294. The van der Waals surface area contributed by atoms with Crippen LogP contribution in [0.4, 0.5) is 4.39 Å². The van der Waals surface area contributed by atoms with Gasteiger partial charge in [-0.2, -0.15) is 0 Å². The standard InChI is InChI=1S/C26H22FN3O5/c27-17-12-16(14-28-15-17)23-21-13-19(35-18-6-2-1-3-7-18)9-10-20(21)25(33)24(30-23)26(34)29-11-5-4-8-22(31)32/h1-3,6-7,9-10,12-15,33H,4-5,8,11H2,(H,29,34)(H,31,32). The third-order valence-corrected chi connectivity index (χ3v) is 5.22. The van der Waals surface area contributed by atoms with E-state index in [1.165, 1.54) is 12.3 Å². The van der Waals surface area contributed by atoms with Crippen molar-refractivity contribution in [3.63, 3.8) is 0 Å². The third kappa shape index (κ3) is 5.70. The van der Waals surface area contributed by atoms with Gasteiger partial charge in [-0.1, -0.05) is 18.2 Å². The van der Waals surface area contributed by atoms with Crippen LogP contribution in [0.3, 0.4) is 0 Å². The number of carbonyl (C=O) groups is 2. The van der Waals surface area contributed by atoms with Crippen molar-refractivity contribution in [3.8, 4) is 28.5 Å². The van der Waals surface area contributed by atoms with Crippen LogP contribution in [0.5, 0.6) is 17.2 Å². The number of benzene rings is 2. The second kappa shape index (κ2) is 10.6. The molecule has 178 valence electrons. The summed E-state index contributed by atoms with van der Waals surface area (Å²) in [7, 11) is 0. The number of amides is 1. The Labute approximate surface area is 200 Å². The van der Waals surface area contributed by atoms with E-state index in [0.29, 0.717) is 40.7 Å². The number of unbranched alkanes of at least 4 members (excludes halogenated alkanes) is 1. The van der Waals surface area contributed by atoms with E-state index in [2.05, 4.69) is 15.3 Å². The highest BCUT2D eigenvalue weighted by molar-refractivity contribution is 6.06. The molecule has 8 nitrogen and oxygen atoms in total. The molecular weight excluding hydrogens is 453 g/mol. The van der Waals surface area contributed by atoms with Crippen molar-refractivity contribution in [3.05, 3.63) is 78.5 Å². The molecule has 4 aromatic rings. The van der Waals surface area contributed by atoms with Gasteiger partial charge in [0.15, 0.2) is 11.4 Å². The second-order valence-electron chi connectivity index (χ2n) is 7.78. The average molecular weight is 475 g/mol. The molecule has 0 spiro atoms. The molecule has 0 bridgehead atoms. The van der Waals surface area contributed by atoms with Crippen LogP contribution < -0.4 is 10.1 Å². The number of ether oxygens (including phenoxy) is 1. The summed E-state index contributed by atoms with van der Waals surface area (Å²) in [6.45, 7) is 0.214. The van der Waals surface area contributed by atoms with Crippen LogP contribution in [0.25, 0.3) is 22.0 Å². The first-order valence-electron chi connectivity index (χ1n) is 10.9. The lowest BCUT2D eigenvalue weighted by atomic mass is 10.0. The molecule has 0 saturated heterocycles. The van der Waals surface area contributed by atoms with Crippen molar-refractivity contribution in [2.24, 2.45) is 0 Å². The molecule has 0 unspecified atom stereocenters. The van der Waals surface area contributed by atoms with Crippen LogP contribution >= 0.6 is 0 Å². The summed E-state index contributed by atoms with van der Waals surface area (Å²) < 4.78 is 19.9. The Morgan fingerprint density at radius 1 is 0.971 bits per heavy atom. The molecule has 4 rings (SSSR count). The van der Waals surface area contributed by atoms with E-state index < -0.39 is 17.7 Å². The lowest BCUT2D eigenvalue weighted by molar-refractivity contribution is -0.137. The highest BCUT2D eigenvalue weighted by atomic mass is 19.1. The largest absolute Gasteiger partial charge is 0.505 e. The number of aliphatic carboxylic acids is 1. The van der Waals surface area contributed by atoms with Gasteiger partial charge in [0.05, 0.1) is 11.9 Å². The second-order valence-corrected chi connectivity index (χ2v) is 7.78. The lowest BCUT2D eigenvalue weighted by Crippen LogP contribution is -2.25. The molecule has 0 radical (unpaired) electrons. The molecule has 2 heterocycles. The predicted octanol–water partition coefficient (Wildman–Crippen LogP) is 4.92. The minimum absolute atomic E-state index is 0.000545. The number of hydrogen-bond acceptors (Lipinski definition) is 6. The molecule has 0 atom stereocenters. The van der Waals surface area contributed by atoms with E-state index >= 15 is 0 Å². The molecule has 9 heteroatoms. The molecule has 0 fully saturated rings. The number of fused-ring (bicyclic) bond motifs is 1. The Morgan fingerprint density at radius 3 is 2.51 bits per heavy atom. The van der Waals surface area contributed by atoms with E-state index in [1.807, 2.05) is 18.2 Å². The lowest BCUT2D eigenvalue weighted by Gasteiger charge is -2.14. The van der Waals surface area contributed by atoms with Crippen LogP contribution in [0, 0.1) is 5.82 Å². The van der Waals surface area contributed by atoms with Gasteiger partial charge in [0.25, 0.3) is 5.91 Å². The Kier molecular flexibility index (Phi) is 7.15. The third-order valence-electron chi connectivity index (χ3n) is 5.22. The van der Waals surface area contributed by atoms with Gasteiger partial charge in [-0.25, -0.2) is 9.37 Å². The molecule has 2 aromatic carbocycles. The molecule has 3 N–H and O–H groups in total. The van der Waals surface area contributed by atoms with Crippen LogP contribution in [0.1, 0.15) is 29.8 Å². The topological polar surface area (TPSA) is 122 Å². The van der Waals surface area contributed by atoms with Gasteiger partial charge in [0, 0.05) is 35.5 Å². The van der Waals surface area contributed by atoms with E-state index in [-0.39, 0.29) is 30.1 Å². The van der Waals surface area contributed by atoms with Crippen molar-refractivity contribution >= 4 is 22.6 Å². The first kappa shape index (κ1) is 23.6. The zero-order chi connectivity index (χ0) is 24.8. The van der Waals surface area contributed by atoms with Gasteiger partial charge < -0.3 is 20.3 Å². The Balaban J connectivity index is 1.72. The maximum atomic E-state index is 14.0. The van der Waals surface area contributed by atoms with E-state index in [0.717, 1.165) is 6.20 Å². The zero-order valence-electron chi connectivity index (χ0n) is 18.6. The van der Waals surface area contributed by atoms with Crippen LogP contribution in [0.15, 0.2) is 67.0 Å². The van der Waals surface area contributed by atoms with Crippen molar-refractivity contribution in [2.75, 3.05) is 6.54 Å². The number of hydrogen-bond donors (Lipinski definition) is 3. The van der Waals surface area contributed by atoms with Crippen molar-refractivity contribution < 1.29 is 28.9 Å². The van der Waals surface area contributed by atoms with Crippen molar-refractivity contribution in [2.45, 2.75) is 19.3 Å². The number of aromatic nitrogens is 2. The molecule has 0 aliphatic heterocycles. The number of halogens is 1. The maximum Gasteiger partial charge on any atom is 0.303 e. The van der Waals surface area contributed by atoms with Gasteiger partial charge in [-0.15, -0.1) is 0 Å². The highest BCUT2D eigenvalue weighted by Crippen LogP contribution is 2.37. The summed E-state index contributed by atoms with van der Waals surface area (Å²) in [6, 6.07) is 15.3. The number of carboxylic acids is 1. The summed E-state index contributed by atoms with van der Waals surface area (Å²) in [5, 5.41) is 23.0. The SMILES string of the molecule is O=C(O)CCCCNC(=O)c1nc(-c2cncc(F)c2)c2cc(Oc3ccccc3)ccc2c1O. The molecule has 0 saturated carbocycles. The fourth-order valence-electron chi connectivity index (χ4n) is 3.57. The minimum atomic E-state index is -0.908. The first-order valence-corrected chi connectivity index (χ1v) is 10.9. The van der Waals surface area contributed by atoms with Crippen LogP contribution in [-0.4, -0.2) is 38.6 Å². The Morgan fingerprint density at radius 2 is 1.77 bits per heavy atom. The Hall–Kier alpha value is -4.53. The number of carbonyl (C=O) groups excluding carboxylic acids is 1. The molecule has 2 aromatic heterocycles. The zero-order valence-corrected chi connectivity index (χ0v) is 18.6. The van der Waals surface area contributed by atoms with E-state index in [1.54, 1.807) is 30.3 Å². The molecule has 1 amide bonds. The summed E-state index contributed by atoms with van der Waals surface area (Å²) >= 11 is 0. The van der Waals surface area contributed by atoms with E-state index in [4.69, 9.17) is 9.84 Å². The van der Waals surface area contributed by atoms with Crippen molar-refractivity contribution in [1.29, 1.82) is 0 Å². The highest BCUT2D eigenvalue weighted by Gasteiger charge is 2.21. The van der Waals surface area contributed by atoms with E-state index in [9.17, 15) is 19.1 Å². The Bertz CT molecular complexity index is 1380. The number of aromatic hydroxyl groups is 1. The van der Waals surface area contributed by atoms with Crippen molar-refractivity contribution in [1.82, 2.24) is 15.3 Å². The average Bonchev–Trinajstić information content (AvgIpc) is 2.84. The summed E-state index contributed by atoms with van der Waals surface area (Å²) in [5.41, 5.74) is 0.341. The summed E-state index contributed by atoms with van der Waals surface area (Å²) in [5.74, 6) is -1.37. The van der Waals surface area contributed by atoms with Gasteiger partial charge >= 0.3 is 5.97 Å². The van der Waals surface area contributed by atoms with Gasteiger partial charge in [0.1, 0.15) is 17.3 Å². The smallest absolute Gasteiger partial charge is 0.303 e. The van der Waals surface area contributed by atoms with Gasteiger partial charge in [0.2, 0.25) is 0 Å². The number of rotatable bonds is 9.